The number of rotatable bonds is 7. The highest BCUT2D eigenvalue weighted by molar-refractivity contribution is 5.94. The summed E-state index contributed by atoms with van der Waals surface area (Å²) in [6.07, 6.45) is 2.43. The highest BCUT2D eigenvalue weighted by atomic mass is 16.2. The Balaban J connectivity index is 2.78. The van der Waals surface area contributed by atoms with Crippen molar-refractivity contribution in [3.8, 4) is 0 Å². The van der Waals surface area contributed by atoms with E-state index < -0.39 is 0 Å². The van der Waals surface area contributed by atoms with Crippen LogP contribution in [0, 0.1) is 13.8 Å². The van der Waals surface area contributed by atoms with Crippen molar-refractivity contribution in [3.63, 3.8) is 0 Å². The van der Waals surface area contributed by atoms with E-state index in [1.54, 1.807) is 16.7 Å². The maximum atomic E-state index is 12.2. The van der Waals surface area contributed by atoms with Crippen molar-refractivity contribution >= 4 is 17.5 Å². The third kappa shape index (κ3) is 4.86. The van der Waals surface area contributed by atoms with E-state index in [1.165, 1.54) is 0 Å². The van der Waals surface area contributed by atoms with Gasteiger partial charge in [0.05, 0.1) is 0 Å². The summed E-state index contributed by atoms with van der Waals surface area (Å²) in [7, 11) is 1.83. The molecule has 0 aliphatic rings. The molecule has 0 aromatic heterocycles. The second-order valence-corrected chi connectivity index (χ2v) is 5.83. The molecule has 0 heterocycles. The Hall–Kier alpha value is -1.84. The summed E-state index contributed by atoms with van der Waals surface area (Å²) in [5, 5.41) is 0. The van der Waals surface area contributed by atoms with Crippen LogP contribution in [0.3, 0.4) is 0 Å². The molecule has 0 aliphatic heterocycles. The van der Waals surface area contributed by atoms with Crippen LogP contribution in [-0.4, -0.2) is 36.9 Å². The molecular formula is C18H28N2O2. The van der Waals surface area contributed by atoms with E-state index in [2.05, 4.69) is 6.92 Å². The molecule has 0 saturated carbocycles. The first kappa shape index (κ1) is 18.2. The molecular weight excluding hydrogens is 276 g/mol. The molecule has 0 fully saturated rings. The van der Waals surface area contributed by atoms with Gasteiger partial charge in [-0.3, -0.25) is 9.59 Å². The molecule has 22 heavy (non-hydrogen) atoms. The van der Waals surface area contributed by atoms with Crippen molar-refractivity contribution in [1.82, 2.24) is 4.90 Å². The number of carbonyl (C=O) groups is 2. The van der Waals surface area contributed by atoms with Crippen molar-refractivity contribution in [2.24, 2.45) is 0 Å². The molecule has 4 nitrogen and oxygen atoms in total. The van der Waals surface area contributed by atoms with Crippen molar-refractivity contribution in [2.45, 2.75) is 47.0 Å². The molecule has 0 unspecified atom stereocenters. The summed E-state index contributed by atoms with van der Waals surface area (Å²) in [4.78, 5) is 27.6. The number of aryl methyl sites for hydroxylation is 2. The Bertz CT molecular complexity index is 506. The van der Waals surface area contributed by atoms with Crippen molar-refractivity contribution < 1.29 is 9.59 Å². The lowest BCUT2D eigenvalue weighted by molar-refractivity contribution is -0.129. The predicted octanol–water partition coefficient (Wildman–Crippen LogP) is 3.30. The Morgan fingerprint density at radius 2 is 1.68 bits per heavy atom. The normalized spacial score (nSPS) is 10.4. The van der Waals surface area contributed by atoms with Crippen LogP contribution in [0.15, 0.2) is 18.2 Å². The molecule has 1 rings (SSSR count). The summed E-state index contributed by atoms with van der Waals surface area (Å²) in [6, 6.07) is 5.97. The molecule has 1 aromatic carbocycles. The quantitative estimate of drug-likeness (QED) is 0.775. The third-order valence-electron chi connectivity index (χ3n) is 3.91. The molecule has 0 bridgehead atoms. The Labute approximate surface area is 134 Å². The topological polar surface area (TPSA) is 40.6 Å². The molecule has 0 aliphatic carbocycles. The molecule has 122 valence electrons. The summed E-state index contributed by atoms with van der Waals surface area (Å²) < 4.78 is 0. The third-order valence-corrected chi connectivity index (χ3v) is 3.91. The second-order valence-electron chi connectivity index (χ2n) is 5.83. The van der Waals surface area contributed by atoms with E-state index in [0.717, 1.165) is 36.2 Å². The van der Waals surface area contributed by atoms with Gasteiger partial charge in [0.1, 0.15) is 0 Å². The number of anilines is 1. The zero-order valence-corrected chi connectivity index (χ0v) is 14.5. The van der Waals surface area contributed by atoms with Gasteiger partial charge in [-0.15, -0.1) is 0 Å². The van der Waals surface area contributed by atoms with Gasteiger partial charge in [0.15, 0.2) is 0 Å². The summed E-state index contributed by atoms with van der Waals surface area (Å²) in [5.74, 6) is 0.0624. The Morgan fingerprint density at radius 1 is 1.09 bits per heavy atom. The average Bonchev–Trinajstić information content (AvgIpc) is 2.46. The number of carbonyl (C=O) groups excluding carboxylic acids is 2. The lowest BCUT2D eigenvalue weighted by Crippen LogP contribution is -2.35. The maximum absolute atomic E-state index is 12.2. The lowest BCUT2D eigenvalue weighted by atomic mass is 10.1. The van der Waals surface area contributed by atoms with Gasteiger partial charge in [0.25, 0.3) is 0 Å². The van der Waals surface area contributed by atoms with Gasteiger partial charge in [-0.1, -0.05) is 31.5 Å². The van der Waals surface area contributed by atoms with Gasteiger partial charge in [0.2, 0.25) is 11.8 Å². The van der Waals surface area contributed by atoms with Crippen LogP contribution in [0.4, 0.5) is 5.69 Å². The average molecular weight is 304 g/mol. The molecule has 0 radical (unpaired) electrons. The van der Waals surface area contributed by atoms with Crippen LogP contribution in [0.25, 0.3) is 0 Å². The highest BCUT2D eigenvalue weighted by Gasteiger charge is 2.18. The van der Waals surface area contributed by atoms with Gasteiger partial charge < -0.3 is 9.80 Å². The molecule has 0 saturated heterocycles. The van der Waals surface area contributed by atoms with E-state index in [-0.39, 0.29) is 11.8 Å². The van der Waals surface area contributed by atoms with Crippen molar-refractivity contribution in [1.29, 1.82) is 0 Å². The molecule has 1 aromatic rings. The van der Waals surface area contributed by atoms with Gasteiger partial charge in [-0.05, 0) is 31.4 Å². The van der Waals surface area contributed by atoms with Crippen LogP contribution in [0.1, 0.15) is 44.2 Å². The highest BCUT2D eigenvalue weighted by Crippen LogP contribution is 2.25. The molecule has 2 amide bonds. The van der Waals surface area contributed by atoms with E-state index in [4.69, 9.17) is 0 Å². The fraction of sp³-hybridized carbons (Fsp3) is 0.556. The zero-order chi connectivity index (χ0) is 16.7. The van der Waals surface area contributed by atoms with E-state index in [9.17, 15) is 9.59 Å². The van der Waals surface area contributed by atoms with Gasteiger partial charge in [0, 0.05) is 39.2 Å². The summed E-state index contributed by atoms with van der Waals surface area (Å²) >= 11 is 0. The van der Waals surface area contributed by atoms with Gasteiger partial charge in [-0.25, -0.2) is 0 Å². The number of nitrogens with zero attached hydrogens (tertiary/aromatic N) is 2. The van der Waals surface area contributed by atoms with Crippen LogP contribution >= 0.6 is 0 Å². The van der Waals surface area contributed by atoms with Gasteiger partial charge in [-0.2, -0.15) is 0 Å². The van der Waals surface area contributed by atoms with E-state index in [0.29, 0.717) is 13.0 Å². The standard InChI is InChI=1S/C18H28N2O2/c1-6-7-12-19(5)17(22)11-13-20(16(4)21)18-14(2)9-8-10-15(18)3/h8-10H,6-7,11-13H2,1-5H3. The minimum atomic E-state index is -0.0265. The first-order valence-electron chi connectivity index (χ1n) is 7.96. The smallest absolute Gasteiger partial charge is 0.224 e. The van der Waals surface area contributed by atoms with Gasteiger partial charge >= 0.3 is 0 Å². The molecule has 0 atom stereocenters. The number of unbranched alkanes of at least 4 members (excludes halogenated alkanes) is 1. The van der Waals surface area contributed by atoms with E-state index >= 15 is 0 Å². The fourth-order valence-corrected chi connectivity index (χ4v) is 2.58. The van der Waals surface area contributed by atoms with Crippen LogP contribution in [-0.2, 0) is 9.59 Å². The minimum absolute atomic E-state index is 0.0265. The monoisotopic (exact) mass is 304 g/mol. The van der Waals surface area contributed by atoms with E-state index in [1.807, 2.05) is 39.1 Å². The first-order chi connectivity index (χ1) is 10.4. The van der Waals surface area contributed by atoms with Crippen LogP contribution < -0.4 is 4.90 Å². The zero-order valence-electron chi connectivity index (χ0n) is 14.5. The Kier molecular flexibility index (Phi) is 7.09. The number of hydrogen-bond donors (Lipinski definition) is 0. The molecule has 4 heteroatoms. The minimum Gasteiger partial charge on any atom is -0.346 e. The largest absolute Gasteiger partial charge is 0.346 e. The first-order valence-corrected chi connectivity index (χ1v) is 7.96. The summed E-state index contributed by atoms with van der Waals surface area (Å²) in [5.41, 5.74) is 3.04. The van der Waals surface area contributed by atoms with Crippen molar-refractivity contribution in [3.05, 3.63) is 29.3 Å². The van der Waals surface area contributed by atoms with Crippen LogP contribution in [0.5, 0.6) is 0 Å². The number of benzene rings is 1. The fourth-order valence-electron chi connectivity index (χ4n) is 2.58. The number of amides is 2. The van der Waals surface area contributed by atoms with Crippen LogP contribution in [0.2, 0.25) is 0 Å². The molecule has 0 N–H and O–H groups in total. The summed E-state index contributed by atoms with van der Waals surface area (Å²) in [6.45, 7) is 8.85. The number of hydrogen-bond acceptors (Lipinski definition) is 2. The molecule has 0 spiro atoms. The van der Waals surface area contributed by atoms with Crippen molar-refractivity contribution in [2.75, 3.05) is 25.0 Å². The SMILES string of the molecule is CCCCN(C)C(=O)CCN(C(C)=O)c1c(C)cccc1C. The lowest BCUT2D eigenvalue weighted by Gasteiger charge is -2.26. The second kappa shape index (κ2) is 8.57. The maximum Gasteiger partial charge on any atom is 0.224 e. The predicted molar refractivity (Wildman–Crippen MR) is 91.1 cm³/mol. The number of para-hydroxylation sites is 1. The Morgan fingerprint density at radius 3 is 2.18 bits per heavy atom.